The Morgan fingerprint density at radius 3 is 2.57 bits per heavy atom. The molecule has 0 aliphatic carbocycles. The number of pyridine rings is 1. The van der Waals surface area contributed by atoms with E-state index in [0.717, 1.165) is 24.4 Å². The molecule has 0 radical (unpaired) electrons. The summed E-state index contributed by atoms with van der Waals surface area (Å²) in [5.74, 6) is 1.86. The number of ether oxygens (including phenoxy) is 3. The first kappa shape index (κ1) is 20.1. The molecule has 2 aromatic rings. The predicted molar refractivity (Wildman–Crippen MR) is 106 cm³/mol. The van der Waals surface area contributed by atoms with E-state index in [9.17, 15) is 4.79 Å². The third kappa shape index (κ3) is 4.99. The largest absolute Gasteiger partial charge is 0.494 e. The van der Waals surface area contributed by atoms with Crippen LogP contribution in [0, 0.1) is 0 Å². The van der Waals surface area contributed by atoms with E-state index in [1.54, 1.807) is 13.3 Å². The number of aromatic nitrogens is 1. The average Bonchev–Trinajstić information content (AvgIpc) is 2.74. The minimum Gasteiger partial charge on any atom is -0.494 e. The van der Waals surface area contributed by atoms with Crippen LogP contribution in [0.2, 0.25) is 0 Å². The maximum Gasteiger partial charge on any atom is 0.252 e. The number of methoxy groups -OCH3 is 1. The van der Waals surface area contributed by atoms with E-state index in [0.29, 0.717) is 37.6 Å². The second kappa shape index (κ2) is 9.52. The van der Waals surface area contributed by atoms with Gasteiger partial charge in [0, 0.05) is 25.9 Å². The molecule has 0 bridgehead atoms. The zero-order chi connectivity index (χ0) is 19.8. The quantitative estimate of drug-likeness (QED) is 0.727. The van der Waals surface area contributed by atoms with Crippen molar-refractivity contribution in [3.63, 3.8) is 0 Å². The van der Waals surface area contributed by atoms with Crippen LogP contribution in [0.15, 0.2) is 42.6 Å². The van der Waals surface area contributed by atoms with Crippen molar-refractivity contribution in [3.8, 4) is 17.4 Å². The number of benzene rings is 1. The third-order valence-electron chi connectivity index (χ3n) is 4.83. The fourth-order valence-electron chi connectivity index (χ4n) is 3.21. The van der Waals surface area contributed by atoms with Crippen molar-refractivity contribution in [2.24, 2.45) is 0 Å². The molecule has 1 aromatic carbocycles. The van der Waals surface area contributed by atoms with Gasteiger partial charge in [-0.1, -0.05) is 0 Å². The van der Waals surface area contributed by atoms with Crippen molar-refractivity contribution in [3.05, 3.63) is 48.2 Å². The summed E-state index contributed by atoms with van der Waals surface area (Å²) in [5.41, 5.74) is 0.157. The Balaban J connectivity index is 1.59. The highest BCUT2D eigenvalue weighted by Crippen LogP contribution is 2.24. The zero-order valence-electron chi connectivity index (χ0n) is 16.4. The smallest absolute Gasteiger partial charge is 0.252 e. The van der Waals surface area contributed by atoms with Crippen LogP contribution in [0.3, 0.4) is 0 Å². The van der Waals surface area contributed by atoms with Crippen molar-refractivity contribution in [1.29, 1.82) is 0 Å². The van der Waals surface area contributed by atoms with Gasteiger partial charge in [0.15, 0.2) is 0 Å². The van der Waals surface area contributed by atoms with Gasteiger partial charge in [0.2, 0.25) is 5.88 Å². The van der Waals surface area contributed by atoms with E-state index in [-0.39, 0.29) is 5.91 Å². The average molecular weight is 385 g/mol. The number of rotatable bonds is 8. The number of amides is 1. The van der Waals surface area contributed by atoms with Crippen LogP contribution in [-0.4, -0.2) is 43.3 Å². The van der Waals surface area contributed by atoms with Crippen LogP contribution < -0.4 is 20.1 Å². The van der Waals surface area contributed by atoms with E-state index in [1.165, 1.54) is 0 Å². The summed E-state index contributed by atoms with van der Waals surface area (Å²) in [6.45, 7) is 4.50. The number of hydrogen-bond acceptors (Lipinski definition) is 6. The third-order valence-corrected chi connectivity index (χ3v) is 4.83. The normalized spacial score (nSPS) is 15.6. The van der Waals surface area contributed by atoms with Crippen LogP contribution in [0.4, 0.5) is 0 Å². The van der Waals surface area contributed by atoms with Gasteiger partial charge in [-0.05, 0) is 68.8 Å². The lowest BCUT2D eigenvalue weighted by molar-refractivity contribution is -0.146. The maximum atomic E-state index is 12.7. The molecule has 150 valence electrons. The first-order valence-corrected chi connectivity index (χ1v) is 9.55. The molecular weight excluding hydrogens is 358 g/mol. The van der Waals surface area contributed by atoms with Crippen molar-refractivity contribution in [1.82, 2.24) is 15.6 Å². The van der Waals surface area contributed by atoms with E-state index in [2.05, 4.69) is 15.6 Å². The SMILES string of the molecule is CCOc1ccc(Oc2cc(CNC(=O)C3(OC)CCNCC3)ccn2)cc1. The second-order valence-electron chi connectivity index (χ2n) is 6.64. The Kier molecular flexibility index (Phi) is 6.84. The molecule has 1 aromatic heterocycles. The summed E-state index contributed by atoms with van der Waals surface area (Å²) < 4.78 is 16.8. The minimum atomic E-state index is -0.750. The van der Waals surface area contributed by atoms with E-state index in [4.69, 9.17) is 14.2 Å². The zero-order valence-corrected chi connectivity index (χ0v) is 16.4. The number of nitrogens with zero attached hydrogens (tertiary/aromatic N) is 1. The van der Waals surface area contributed by atoms with Crippen LogP contribution in [-0.2, 0) is 16.1 Å². The van der Waals surface area contributed by atoms with Crippen molar-refractivity contribution >= 4 is 5.91 Å². The van der Waals surface area contributed by atoms with Crippen molar-refractivity contribution in [2.75, 3.05) is 26.8 Å². The van der Waals surface area contributed by atoms with Crippen LogP contribution in [0.1, 0.15) is 25.3 Å². The summed E-state index contributed by atoms with van der Waals surface area (Å²) in [5, 5.41) is 6.23. The maximum absolute atomic E-state index is 12.7. The Morgan fingerprint density at radius 1 is 1.18 bits per heavy atom. The van der Waals surface area contributed by atoms with Gasteiger partial charge in [-0.25, -0.2) is 4.98 Å². The molecule has 2 N–H and O–H groups in total. The monoisotopic (exact) mass is 385 g/mol. The standard InChI is InChI=1S/C21H27N3O4/c1-3-27-17-4-6-18(7-5-17)28-19-14-16(8-11-23-19)15-24-20(25)21(26-2)9-12-22-13-10-21/h4-8,11,14,22H,3,9-10,12-13,15H2,1-2H3,(H,24,25). The lowest BCUT2D eigenvalue weighted by atomic mass is 9.91. The molecule has 1 amide bonds. The van der Waals surface area contributed by atoms with Crippen molar-refractivity contribution < 1.29 is 19.0 Å². The van der Waals surface area contributed by atoms with Gasteiger partial charge in [0.05, 0.1) is 6.61 Å². The van der Waals surface area contributed by atoms with Gasteiger partial charge >= 0.3 is 0 Å². The molecule has 3 rings (SSSR count). The Labute approximate surface area is 165 Å². The number of carbonyl (C=O) groups excluding carboxylic acids is 1. The van der Waals surface area contributed by atoms with E-state index < -0.39 is 5.60 Å². The lowest BCUT2D eigenvalue weighted by Crippen LogP contribution is -2.53. The van der Waals surface area contributed by atoms with Crippen LogP contribution in [0.5, 0.6) is 17.4 Å². The molecular formula is C21H27N3O4. The first-order chi connectivity index (χ1) is 13.6. The summed E-state index contributed by atoms with van der Waals surface area (Å²) in [4.78, 5) is 16.9. The van der Waals surface area contributed by atoms with Gasteiger partial charge < -0.3 is 24.8 Å². The molecule has 1 saturated heterocycles. The van der Waals surface area contributed by atoms with Gasteiger partial charge in [-0.3, -0.25) is 4.79 Å². The highest BCUT2D eigenvalue weighted by molar-refractivity contribution is 5.85. The van der Waals surface area contributed by atoms with E-state index >= 15 is 0 Å². The van der Waals surface area contributed by atoms with Crippen LogP contribution >= 0.6 is 0 Å². The fraction of sp³-hybridized carbons (Fsp3) is 0.429. The molecule has 1 fully saturated rings. The molecule has 0 spiro atoms. The number of hydrogen-bond donors (Lipinski definition) is 2. The summed E-state index contributed by atoms with van der Waals surface area (Å²) >= 11 is 0. The van der Waals surface area contributed by atoms with Crippen molar-refractivity contribution in [2.45, 2.75) is 31.9 Å². The lowest BCUT2D eigenvalue weighted by Gasteiger charge is -2.34. The number of nitrogens with one attached hydrogen (secondary N) is 2. The van der Waals surface area contributed by atoms with Gasteiger partial charge in [0.1, 0.15) is 17.1 Å². The molecule has 1 aliphatic rings. The molecule has 1 aliphatic heterocycles. The topological polar surface area (TPSA) is 81.7 Å². The molecule has 28 heavy (non-hydrogen) atoms. The molecule has 7 nitrogen and oxygen atoms in total. The second-order valence-corrected chi connectivity index (χ2v) is 6.64. The highest BCUT2D eigenvalue weighted by atomic mass is 16.5. The molecule has 0 saturated carbocycles. The predicted octanol–water partition coefficient (Wildman–Crippen LogP) is 2.66. The molecule has 2 heterocycles. The first-order valence-electron chi connectivity index (χ1n) is 9.55. The Morgan fingerprint density at radius 2 is 1.89 bits per heavy atom. The van der Waals surface area contributed by atoms with Gasteiger partial charge in [-0.15, -0.1) is 0 Å². The molecule has 7 heteroatoms. The van der Waals surface area contributed by atoms with Crippen LogP contribution in [0.25, 0.3) is 0 Å². The molecule has 0 atom stereocenters. The van der Waals surface area contributed by atoms with E-state index in [1.807, 2.05) is 43.3 Å². The summed E-state index contributed by atoms with van der Waals surface area (Å²) in [6, 6.07) is 11.0. The Hall–Kier alpha value is -2.64. The highest BCUT2D eigenvalue weighted by Gasteiger charge is 2.39. The Bertz CT molecular complexity index is 773. The number of piperidine rings is 1. The molecule has 0 unspecified atom stereocenters. The van der Waals surface area contributed by atoms with Gasteiger partial charge in [0.25, 0.3) is 5.91 Å². The summed E-state index contributed by atoms with van der Waals surface area (Å²) in [6.07, 6.45) is 3.00. The summed E-state index contributed by atoms with van der Waals surface area (Å²) in [7, 11) is 1.60. The fourth-order valence-corrected chi connectivity index (χ4v) is 3.21. The number of carbonyl (C=O) groups is 1. The van der Waals surface area contributed by atoms with Gasteiger partial charge in [-0.2, -0.15) is 0 Å². The minimum absolute atomic E-state index is 0.0812.